The van der Waals surface area contributed by atoms with Gasteiger partial charge in [0.2, 0.25) is 0 Å². The van der Waals surface area contributed by atoms with Gasteiger partial charge >= 0.3 is 6.18 Å². The molecule has 0 aliphatic carbocycles. The second-order valence-corrected chi connectivity index (χ2v) is 6.97. The van der Waals surface area contributed by atoms with Gasteiger partial charge in [0.15, 0.2) is 12.6 Å². The number of benzene rings is 2. The first-order chi connectivity index (χ1) is 14.2. The molecule has 0 fully saturated rings. The molecule has 0 heterocycles. The zero-order chi connectivity index (χ0) is 22.3. The molecule has 2 aromatic rings. The van der Waals surface area contributed by atoms with Crippen molar-refractivity contribution in [3.05, 3.63) is 65.7 Å². The Balaban J connectivity index is 2.23. The minimum Gasteiger partial charge on any atom is -0.338 e. The minimum atomic E-state index is -4.58. The second-order valence-electron chi connectivity index (χ2n) is 6.97. The quantitative estimate of drug-likeness (QED) is 0.688. The van der Waals surface area contributed by atoms with Crippen LogP contribution in [0.4, 0.5) is 18.9 Å². The molecule has 0 saturated heterocycles. The van der Waals surface area contributed by atoms with E-state index < -0.39 is 23.7 Å². The number of para-hydroxylation sites is 1. The standard InChI is InChI=1S/C22H26F3N3O2/c1-4-28(5-2)21(30)20(16-11-7-6-8-12-16)27(3)15-19(29)26-18-14-10-9-13-17(18)22(23,24)25/h6-14,20H,4-5,15H2,1-3H3,(H,26,29)/p+1/t20-/m0/s1. The van der Waals surface area contributed by atoms with Gasteiger partial charge in [-0.1, -0.05) is 42.5 Å². The first-order valence-electron chi connectivity index (χ1n) is 9.81. The number of alkyl halides is 3. The van der Waals surface area contributed by atoms with Crippen LogP contribution in [0.15, 0.2) is 54.6 Å². The molecule has 0 aromatic heterocycles. The number of rotatable bonds is 8. The van der Waals surface area contributed by atoms with Crippen LogP contribution < -0.4 is 10.2 Å². The van der Waals surface area contributed by atoms with Crippen molar-refractivity contribution in [3.8, 4) is 0 Å². The van der Waals surface area contributed by atoms with E-state index in [1.165, 1.54) is 18.2 Å². The lowest BCUT2D eigenvalue weighted by Gasteiger charge is -2.29. The van der Waals surface area contributed by atoms with Crippen LogP contribution >= 0.6 is 0 Å². The average Bonchev–Trinajstić information content (AvgIpc) is 2.69. The van der Waals surface area contributed by atoms with Crippen LogP contribution in [0.1, 0.15) is 31.0 Å². The number of carbonyl (C=O) groups excluding carboxylic acids is 2. The highest BCUT2D eigenvalue weighted by Gasteiger charge is 2.35. The van der Waals surface area contributed by atoms with Gasteiger partial charge in [-0.15, -0.1) is 0 Å². The van der Waals surface area contributed by atoms with Gasteiger partial charge in [0.25, 0.3) is 11.8 Å². The summed E-state index contributed by atoms with van der Waals surface area (Å²) in [4.78, 5) is 27.9. The lowest BCUT2D eigenvalue weighted by Crippen LogP contribution is -3.11. The monoisotopic (exact) mass is 422 g/mol. The normalized spacial score (nSPS) is 13.4. The number of quaternary nitrogens is 1. The summed E-state index contributed by atoms with van der Waals surface area (Å²) in [6, 6.07) is 13.3. The fourth-order valence-corrected chi connectivity index (χ4v) is 3.39. The highest BCUT2D eigenvalue weighted by atomic mass is 19.4. The van der Waals surface area contributed by atoms with Gasteiger partial charge in [0.05, 0.1) is 18.3 Å². The third-order valence-corrected chi connectivity index (χ3v) is 4.89. The second kappa shape index (κ2) is 10.2. The fraction of sp³-hybridized carbons (Fsp3) is 0.364. The molecule has 2 atom stereocenters. The van der Waals surface area contributed by atoms with Crippen LogP contribution in [0.25, 0.3) is 0 Å². The van der Waals surface area contributed by atoms with Crippen molar-refractivity contribution in [3.63, 3.8) is 0 Å². The van der Waals surface area contributed by atoms with Crippen LogP contribution in [0.5, 0.6) is 0 Å². The van der Waals surface area contributed by atoms with Crippen molar-refractivity contribution >= 4 is 17.5 Å². The number of hydrogen-bond acceptors (Lipinski definition) is 2. The molecule has 0 aliphatic heterocycles. The van der Waals surface area contributed by atoms with Crippen LogP contribution in [0, 0.1) is 0 Å². The molecule has 2 aromatic carbocycles. The number of nitrogens with one attached hydrogen (secondary N) is 2. The summed E-state index contributed by atoms with van der Waals surface area (Å²) in [5.41, 5.74) is -0.459. The van der Waals surface area contributed by atoms with Crippen molar-refractivity contribution in [2.75, 3.05) is 32.0 Å². The van der Waals surface area contributed by atoms with Gasteiger partial charge in [-0.2, -0.15) is 13.2 Å². The van der Waals surface area contributed by atoms with Crippen molar-refractivity contribution in [1.29, 1.82) is 0 Å². The number of carbonyl (C=O) groups is 2. The average molecular weight is 422 g/mol. The van der Waals surface area contributed by atoms with Crippen LogP contribution in [0.2, 0.25) is 0 Å². The molecular weight excluding hydrogens is 395 g/mol. The summed E-state index contributed by atoms with van der Waals surface area (Å²) >= 11 is 0. The van der Waals surface area contributed by atoms with Crippen LogP contribution in [-0.4, -0.2) is 43.4 Å². The maximum absolute atomic E-state index is 13.2. The molecule has 162 valence electrons. The van der Waals surface area contributed by atoms with E-state index in [-0.39, 0.29) is 18.1 Å². The van der Waals surface area contributed by atoms with Gasteiger partial charge in [-0.3, -0.25) is 9.59 Å². The van der Waals surface area contributed by atoms with E-state index in [0.29, 0.717) is 18.0 Å². The fourth-order valence-electron chi connectivity index (χ4n) is 3.39. The summed E-state index contributed by atoms with van der Waals surface area (Å²) in [6.07, 6.45) is -4.58. The number of likely N-dealkylation sites (N-methyl/N-ethyl adjacent to an activating group) is 2. The number of nitrogens with zero attached hydrogens (tertiary/aromatic N) is 1. The summed E-state index contributed by atoms with van der Waals surface area (Å²) in [6.45, 7) is 4.63. The Morgan fingerprint density at radius 2 is 1.57 bits per heavy atom. The lowest BCUT2D eigenvalue weighted by molar-refractivity contribution is -0.894. The van der Waals surface area contributed by atoms with Crippen LogP contribution in [0.3, 0.4) is 0 Å². The number of halogens is 3. The zero-order valence-electron chi connectivity index (χ0n) is 17.3. The third kappa shape index (κ3) is 5.82. The first-order valence-corrected chi connectivity index (χ1v) is 9.81. The smallest absolute Gasteiger partial charge is 0.338 e. The third-order valence-electron chi connectivity index (χ3n) is 4.89. The van der Waals surface area contributed by atoms with Gasteiger partial charge < -0.3 is 15.1 Å². The molecule has 8 heteroatoms. The zero-order valence-corrected chi connectivity index (χ0v) is 17.3. The number of amides is 2. The van der Waals surface area contributed by atoms with E-state index in [4.69, 9.17) is 0 Å². The topological polar surface area (TPSA) is 53.9 Å². The Morgan fingerprint density at radius 3 is 2.13 bits per heavy atom. The summed E-state index contributed by atoms with van der Waals surface area (Å²) in [5, 5.41) is 2.35. The number of hydrogen-bond donors (Lipinski definition) is 2. The molecule has 30 heavy (non-hydrogen) atoms. The molecule has 0 bridgehead atoms. The molecule has 5 nitrogen and oxygen atoms in total. The Morgan fingerprint density at radius 1 is 1.00 bits per heavy atom. The molecule has 0 radical (unpaired) electrons. The SMILES string of the molecule is CCN(CC)C(=O)[C@H](c1ccccc1)[NH+](C)CC(=O)Nc1ccccc1C(F)(F)F. The van der Waals surface area contributed by atoms with Crippen molar-refractivity contribution in [2.24, 2.45) is 0 Å². The summed E-state index contributed by atoms with van der Waals surface area (Å²) < 4.78 is 39.5. The predicted molar refractivity (Wildman–Crippen MR) is 109 cm³/mol. The van der Waals surface area contributed by atoms with Gasteiger partial charge in [-0.05, 0) is 26.0 Å². The minimum absolute atomic E-state index is 0.132. The van der Waals surface area contributed by atoms with E-state index in [9.17, 15) is 22.8 Å². The van der Waals surface area contributed by atoms with Gasteiger partial charge in [-0.25, -0.2) is 0 Å². The van der Waals surface area contributed by atoms with E-state index >= 15 is 0 Å². The molecule has 2 N–H and O–H groups in total. The maximum Gasteiger partial charge on any atom is 0.418 e. The Kier molecular flexibility index (Phi) is 8.00. The van der Waals surface area contributed by atoms with Crippen LogP contribution in [-0.2, 0) is 15.8 Å². The van der Waals surface area contributed by atoms with E-state index in [2.05, 4.69) is 5.32 Å². The molecule has 2 rings (SSSR count). The largest absolute Gasteiger partial charge is 0.418 e. The number of anilines is 1. The maximum atomic E-state index is 13.2. The van der Waals surface area contributed by atoms with Crippen molar-refractivity contribution in [1.82, 2.24) is 4.90 Å². The summed E-state index contributed by atoms with van der Waals surface area (Å²) in [7, 11) is 1.69. The predicted octanol–water partition coefficient (Wildman–Crippen LogP) is 2.77. The molecule has 0 saturated carbocycles. The Labute approximate surface area is 174 Å². The first kappa shape index (κ1) is 23.4. The van der Waals surface area contributed by atoms with Gasteiger partial charge in [0.1, 0.15) is 0 Å². The van der Waals surface area contributed by atoms with E-state index in [1.54, 1.807) is 11.9 Å². The Bertz CT molecular complexity index is 852. The van der Waals surface area contributed by atoms with Crippen molar-refractivity contribution < 1.29 is 27.7 Å². The lowest BCUT2D eigenvalue weighted by atomic mass is 10.0. The van der Waals surface area contributed by atoms with Crippen molar-refractivity contribution in [2.45, 2.75) is 26.1 Å². The summed E-state index contributed by atoms with van der Waals surface area (Å²) in [5.74, 6) is -0.732. The molecule has 1 unspecified atom stereocenters. The van der Waals surface area contributed by atoms with Gasteiger partial charge in [0, 0.05) is 18.7 Å². The van der Waals surface area contributed by atoms with E-state index in [1.807, 2.05) is 44.2 Å². The molecule has 0 spiro atoms. The highest BCUT2D eigenvalue weighted by Crippen LogP contribution is 2.34. The van der Waals surface area contributed by atoms with E-state index in [0.717, 1.165) is 11.6 Å². The molecule has 0 aliphatic rings. The highest BCUT2D eigenvalue weighted by molar-refractivity contribution is 5.92. The molecule has 2 amide bonds. The Hall–Kier alpha value is -2.87. The molecular formula is C22H27F3N3O2+.